The molecule has 26 heavy (non-hydrogen) atoms. The van der Waals surface area contributed by atoms with Gasteiger partial charge < -0.3 is 14.5 Å². The minimum Gasteiger partial charge on any atom is -0.464 e. The van der Waals surface area contributed by atoms with Gasteiger partial charge in [-0.3, -0.25) is 9.59 Å². The Hall–Kier alpha value is -2.05. The van der Waals surface area contributed by atoms with Crippen molar-refractivity contribution in [3.8, 4) is 0 Å². The SMILES string of the molecule is O=C1OCCC1N1CCN(C(=O)/C=C/c2ccc(Cl)c(Cl)c2)CCC1=O. The zero-order valence-electron chi connectivity index (χ0n) is 14.0. The lowest BCUT2D eigenvalue weighted by atomic mass is 10.2. The number of carbonyl (C=O) groups is 3. The van der Waals surface area contributed by atoms with Crippen LogP contribution in [0.4, 0.5) is 0 Å². The topological polar surface area (TPSA) is 66.9 Å². The molecule has 138 valence electrons. The van der Waals surface area contributed by atoms with E-state index in [-0.39, 0.29) is 24.2 Å². The van der Waals surface area contributed by atoms with Crippen molar-refractivity contribution in [3.63, 3.8) is 0 Å². The lowest BCUT2D eigenvalue weighted by molar-refractivity contribution is -0.147. The Morgan fingerprint density at radius 3 is 2.65 bits per heavy atom. The number of hydrogen-bond donors (Lipinski definition) is 0. The number of cyclic esters (lactones) is 1. The Balaban J connectivity index is 1.63. The van der Waals surface area contributed by atoms with E-state index in [1.807, 2.05) is 0 Å². The highest BCUT2D eigenvalue weighted by atomic mass is 35.5. The predicted octanol–water partition coefficient (Wildman–Crippen LogP) is 2.38. The Kier molecular flexibility index (Phi) is 5.84. The lowest BCUT2D eigenvalue weighted by Gasteiger charge is -2.24. The monoisotopic (exact) mass is 396 g/mol. The van der Waals surface area contributed by atoms with Gasteiger partial charge in [0.15, 0.2) is 0 Å². The van der Waals surface area contributed by atoms with Gasteiger partial charge in [-0.15, -0.1) is 0 Å². The number of nitrogens with zero attached hydrogens (tertiary/aromatic N) is 2. The Morgan fingerprint density at radius 1 is 1.15 bits per heavy atom. The Bertz CT molecular complexity index is 766. The predicted molar refractivity (Wildman–Crippen MR) is 97.8 cm³/mol. The van der Waals surface area contributed by atoms with E-state index in [4.69, 9.17) is 27.9 Å². The number of amides is 2. The van der Waals surface area contributed by atoms with Gasteiger partial charge in [0.1, 0.15) is 6.04 Å². The first-order valence-electron chi connectivity index (χ1n) is 8.34. The summed E-state index contributed by atoms with van der Waals surface area (Å²) in [5.41, 5.74) is 0.758. The molecule has 0 spiro atoms. The fraction of sp³-hybridized carbons (Fsp3) is 0.389. The van der Waals surface area contributed by atoms with E-state index in [9.17, 15) is 14.4 Å². The van der Waals surface area contributed by atoms with E-state index < -0.39 is 6.04 Å². The first-order chi connectivity index (χ1) is 12.5. The Morgan fingerprint density at radius 2 is 1.96 bits per heavy atom. The number of hydrogen-bond acceptors (Lipinski definition) is 4. The van der Waals surface area contributed by atoms with Crippen LogP contribution < -0.4 is 0 Å². The first-order valence-corrected chi connectivity index (χ1v) is 9.09. The highest BCUT2D eigenvalue weighted by molar-refractivity contribution is 6.42. The second-order valence-electron chi connectivity index (χ2n) is 6.14. The standard InChI is InChI=1S/C18H18Cl2N2O4/c19-13-3-1-12(11-14(13)20)2-4-16(23)21-7-5-17(24)22(9-8-21)15-6-10-26-18(15)25/h1-4,11,15H,5-10H2/b4-2+. The normalized spacial score (nSPS) is 21.2. The minimum atomic E-state index is -0.524. The molecule has 2 aliphatic heterocycles. The molecule has 1 atom stereocenters. The number of esters is 1. The molecule has 8 heteroatoms. The molecular weight excluding hydrogens is 379 g/mol. The van der Waals surface area contributed by atoms with Gasteiger partial charge in [0.05, 0.1) is 16.7 Å². The molecule has 0 saturated carbocycles. The number of ether oxygens (including phenoxy) is 1. The number of halogens is 2. The van der Waals surface area contributed by atoms with Crippen LogP contribution in [0.25, 0.3) is 6.08 Å². The van der Waals surface area contributed by atoms with Crippen LogP contribution in [-0.2, 0) is 19.1 Å². The van der Waals surface area contributed by atoms with Crippen LogP contribution in [0.5, 0.6) is 0 Å². The second kappa shape index (κ2) is 8.10. The third-order valence-electron chi connectivity index (χ3n) is 4.48. The molecule has 2 fully saturated rings. The van der Waals surface area contributed by atoms with Gasteiger partial charge in [0, 0.05) is 38.6 Å². The third kappa shape index (κ3) is 4.19. The van der Waals surface area contributed by atoms with Crippen LogP contribution in [0.1, 0.15) is 18.4 Å². The molecule has 2 aliphatic rings. The minimum absolute atomic E-state index is 0.127. The molecule has 0 radical (unpaired) electrons. The van der Waals surface area contributed by atoms with Gasteiger partial charge in [-0.2, -0.15) is 0 Å². The van der Waals surface area contributed by atoms with Crippen LogP contribution in [0.2, 0.25) is 10.0 Å². The molecule has 1 aromatic rings. The smallest absolute Gasteiger partial charge is 0.328 e. The molecule has 2 amide bonds. The van der Waals surface area contributed by atoms with Crippen LogP contribution in [0.3, 0.4) is 0 Å². The van der Waals surface area contributed by atoms with Gasteiger partial charge in [-0.25, -0.2) is 4.79 Å². The maximum Gasteiger partial charge on any atom is 0.328 e. The summed E-state index contributed by atoms with van der Waals surface area (Å²) in [5.74, 6) is -0.685. The molecule has 2 heterocycles. The quantitative estimate of drug-likeness (QED) is 0.580. The molecule has 2 saturated heterocycles. The third-order valence-corrected chi connectivity index (χ3v) is 5.22. The number of carbonyl (C=O) groups excluding carboxylic acids is 3. The molecule has 3 rings (SSSR count). The summed E-state index contributed by atoms with van der Waals surface area (Å²) in [5, 5.41) is 0.868. The molecule has 0 N–H and O–H groups in total. The van der Waals surface area contributed by atoms with Crippen molar-refractivity contribution in [1.29, 1.82) is 0 Å². The van der Waals surface area contributed by atoms with Crippen LogP contribution >= 0.6 is 23.2 Å². The molecule has 1 aromatic carbocycles. The lowest BCUT2D eigenvalue weighted by Crippen LogP contribution is -2.44. The van der Waals surface area contributed by atoms with Crippen molar-refractivity contribution in [3.05, 3.63) is 39.9 Å². The maximum atomic E-state index is 12.4. The van der Waals surface area contributed by atoms with E-state index in [0.717, 1.165) is 5.56 Å². The van der Waals surface area contributed by atoms with Gasteiger partial charge >= 0.3 is 5.97 Å². The summed E-state index contributed by atoms with van der Waals surface area (Å²) in [6.07, 6.45) is 3.80. The fourth-order valence-corrected chi connectivity index (χ4v) is 3.35. The number of benzene rings is 1. The highest BCUT2D eigenvalue weighted by Gasteiger charge is 2.36. The van der Waals surface area contributed by atoms with Gasteiger partial charge in [0.2, 0.25) is 11.8 Å². The highest BCUT2D eigenvalue weighted by Crippen LogP contribution is 2.23. The zero-order valence-corrected chi connectivity index (χ0v) is 15.5. The fourth-order valence-electron chi connectivity index (χ4n) is 3.05. The van der Waals surface area contributed by atoms with E-state index in [2.05, 4.69) is 0 Å². The summed E-state index contributed by atoms with van der Waals surface area (Å²) >= 11 is 11.8. The second-order valence-corrected chi connectivity index (χ2v) is 6.96. The van der Waals surface area contributed by atoms with E-state index >= 15 is 0 Å². The summed E-state index contributed by atoms with van der Waals surface area (Å²) in [6, 6.07) is 4.58. The molecule has 1 unspecified atom stereocenters. The Labute approximate surface area is 161 Å². The van der Waals surface area contributed by atoms with Gasteiger partial charge in [-0.05, 0) is 23.8 Å². The summed E-state index contributed by atoms with van der Waals surface area (Å²) in [6.45, 7) is 1.36. The largest absolute Gasteiger partial charge is 0.464 e. The van der Waals surface area contributed by atoms with Crippen molar-refractivity contribution in [2.75, 3.05) is 26.2 Å². The van der Waals surface area contributed by atoms with Crippen LogP contribution in [0, 0.1) is 0 Å². The summed E-state index contributed by atoms with van der Waals surface area (Å²) < 4.78 is 4.94. The van der Waals surface area contributed by atoms with Gasteiger partial charge in [0.25, 0.3) is 0 Å². The summed E-state index contributed by atoms with van der Waals surface area (Å²) in [4.78, 5) is 39.6. The van der Waals surface area contributed by atoms with E-state index in [0.29, 0.717) is 42.7 Å². The van der Waals surface area contributed by atoms with Crippen molar-refractivity contribution < 1.29 is 19.1 Å². The van der Waals surface area contributed by atoms with Gasteiger partial charge in [-0.1, -0.05) is 29.3 Å². The molecule has 0 bridgehead atoms. The molecule has 6 nitrogen and oxygen atoms in total. The average molecular weight is 397 g/mol. The first kappa shape index (κ1) is 18.7. The molecular formula is C18H18Cl2N2O4. The maximum absolute atomic E-state index is 12.4. The molecule has 0 aromatic heterocycles. The van der Waals surface area contributed by atoms with E-state index in [1.54, 1.807) is 29.2 Å². The van der Waals surface area contributed by atoms with Crippen molar-refractivity contribution >= 4 is 47.1 Å². The number of rotatable bonds is 3. The van der Waals surface area contributed by atoms with Crippen LogP contribution in [-0.4, -0.2) is 59.9 Å². The molecule has 0 aliphatic carbocycles. The van der Waals surface area contributed by atoms with Crippen molar-refractivity contribution in [2.24, 2.45) is 0 Å². The average Bonchev–Trinajstić information content (AvgIpc) is 2.94. The summed E-state index contributed by atoms with van der Waals surface area (Å²) in [7, 11) is 0. The van der Waals surface area contributed by atoms with Crippen molar-refractivity contribution in [2.45, 2.75) is 18.9 Å². The van der Waals surface area contributed by atoms with Crippen LogP contribution in [0.15, 0.2) is 24.3 Å². The van der Waals surface area contributed by atoms with Crippen molar-refractivity contribution in [1.82, 2.24) is 9.80 Å². The van der Waals surface area contributed by atoms with E-state index in [1.165, 1.54) is 11.0 Å². The zero-order chi connectivity index (χ0) is 18.7.